The molecule has 0 radical (unpaired) electrons. The molecule has 6 heterocycles. The van der Waals surface area contributed by atoms with E-state index in [1.807, 2.05) is 0 Å². The number of hydrogen-bond donors (Lipinski definition) is 1. The number of ether oxygens (including phenoxy) is 3. The summed E-state index contributed by atoms with van der Waals surface area (Å²) >= 11 is 0. The molecule has 3 aromatic heterocycles. The van der Waals surface area contributed by atoms with Crippen molar-refractivity contribution in [2.24, 2.45) is 0 Å². The molecule has 4 aromatic rings. The van der Waals surface area contributed by atoms with Crippen LogP contribution in [0.5, 0.6) is 11.9 Å². The molecular weight excluding hydrogens is 573 g/mol. The molecular formula is C34H40FN7O3. The highest BCUT2D eigenvalue weighted by atomic mass is 19.1. The largest absolute Gasteiger partial charge is 0.480 e. The number of pyridine rings is 1. The van der Waals surface area contributed by atoms with Crippen LogP contribution in [0.25, 0.3) is 33.1 Å². The number of nitrogens with zero attached hydrogens (tertiary/aromatic N) is 6. The Hall–Kier alpha value is -3.83. The molecule has 3 aliphatic heterocycles. The highest BCUT2D eigenvalue weighted by Gasteiger charge is 2.46. The smallest absolute Gasteiger partial charge is 0.319 e. The fraction of sp³-hybridized carbons (Fsp3) is 0.529. The Bertz CT molecular complexity index is 1800. The Labute approximate surface area is 262 Å². The first-order valence-electron chi connectivity index (χ1n) is 16.3. The van der Waals surface area contributed by atoms with Crippen molar-refractivity contribution in [3.8, 4) is 23.1 Å². The average molecular weight is 614 g/mol. The molecule has 8 rings (SSSR count). The monoisotopic (exact) mass is 613 g/mol. The molecule has 236 valence electrons. The zero-order chi connectivity index (χ0) is 30.7. The van der Waals surface area contributed by atoms with E-state index in [0.717, 1.165) is 80.1 Å². The van der Waals surface area contributed by atoms with Gasteiger partial charge in [-0.3, -0.25) is 10.00 Å². The van der Waals surface area contributed by atoms with Gasteiger partial charge < -0.3 is 19.1 Å². The maximum absolute atomic E-state index is 17.3. The van der Waals surface area contributed by atoms with Gasteiger partial charge in [0.15, 0.2) is 5.82 Å². The first-order valence-corrected chi connectivity index (χ1v) is 16.3. The molecule has 1 N–H and O–H groups in total. The van der Waals surface area contributed by atoms with Gasteiger partial charge in [0.05, 0.1) is 31.0 Å². The molecule has 0 amide bonds. The predicted molar refractivity (Wildman–Crippen MR) is 171 cm³/mol. The van der Waals surface area contributed by atoms with E-state index in [1.165, 1.54) is 11.1 Å². The van der Waals surface area contributed by atoms with Crippen LogP contribution in [0.2, 0.25) is 0 Å². The standard InChI is InChI=1S/C34H40FN7O3/c1-20-16-34(9-5-11-42(34)18-20)19-45-33-38-30-27(31(39-33)41-10-6-13-44-14-12-41)32(43-3)37-29(28(30)35)26-23-17-36-40-24(23)15-22-8-4-7-21(2)25(22)26/h15,17,21H,1,4-14,16,18-19H2,2-3H3,(H,36,40). The number of methoxy groups -OCH3 is 1. The summed E-state index contributed by atoms with van der Waals surface area (Å²) in [6, 6.07) is 2.32. The number of anilines is 1. The first-order chi connectivity index (χ1) is 22.0. The van der Waals surface area contributed by atoms with E-state index in [1.54, 1.807) is 13.3 Å². The van der Waals surface area contributed by atoms with Crippen LogP contribution in [0.15, 0.2) is 24.4 Å². The van der Waals surface area contributed by atoms with Gasteiger partial charge in [-0.1, -0.05) is 19.1 Å². The van der Waals surface area contributed by atoms with Gasteiger partial charge in [-0.05, 0) is 74.6 Å². The number of hydrogen-bond acceptors (Lipinski definition) is 9. The van der Waals surface area contributed by atoms with E-state index in [9.17, 15) is 0 Å². The van der Waals surface area contributed by atoms with Crippen LogP contribution in [0.1, 0.15) is 62.5 Å². The van der Waals surface area contributed by atoms with Gasteiger partial charge in [-0.15, -0.1) is 0 Å². The summed E-state index contributed by atoms with van der Waals surface area (Å²) in [5, 5.41) is 8.72. The number of fused-ring (bicyclic) bond motifs is 4. The lowest BCUT2D eigenvalue weighted by Gasteiger charge is -2.31. The van der Waals surface area contributed by atoms with E-state index in [0.29, 0.717) is 50.0 Å². The van der Waals surface area contributed by atoms with E-state index in [4.69, 9.17) is 29.2 Å². The maximum atomic E-state index is 17.3. The molecule has 11 heteroatoms. The summed E-state index contributed by atoms with van der Waals surface area (Å²) in [5.74, 6) is 0.592. The van der Waals surface area contributed by atoms with Crippen molar-refractivity contribution >= 4 is 27.6 Å². The zero-order valence-corrected chi connectivity index (χ0v) is 26.1. The number of rotatable bonds is 6. The van der Waals surface area contributed by atoms with Crippen LogP contribution in [0.4, 0.5) is 10.2 Å². The average Bonchev–Trinajstić information content (AvgIpc) is 3.67. The van der Waals surface area contributed by atoms with Gasteiger partial charge in [-0.25, -0.2) is 9.37 Å². The Kier molecular flexibility index (Phi) is 7.13. The molecule has 45 heavy (non-hydrogen) atoms. The van der Waals surface area contributed by atoms with Crippen molar-refractivity contribution in [1.82, 2.24) is 30.0 Å². The number of aromatic amines is 1. The fourth-order valence-electron chi connectivity index (χ4n) is 8.24. The van der Waals surface area contributed by atoms with Crippen LogP contribution in [0.3, 0.4) is 0 Å². The molecule has 2 unspecified atom stereocenters. The van der Waals surface area contributed by atoms with Crippen molar-refractivity contribution in [2.45, 2.75) is 63.3 Å². The van der Waals surface area contributed by atoms with Crippen LogP contribution in [-0.4, -0.2) is 88.7 Å². The van der Waals surface area contributed by atoms with Gasteiger partial charge in [0.2, 0.25) is 5.88 Å². The quantitative estimate of drug-likeness (QED) is 0.280. The summed E-state index contributed by atoms with van der Waals surface area (Å²) in [6.07, 6.45) is 8.69. The van der Waals surface area contributed by atoms with E-state index in [2.05, 4.69) is 39.6 Å². The SMILES string of the molecule is C=C1CN2CCCC2(COc2nc(N3CCCOCC3)c3c(OC)nc(-c4c5c(cc6[nH]ncc46)CCCC5C)c(F)c3n2)C1. The third-order valence-electron chi connectivity index (χ3n) is 10.3. The van der Waals surface area contributed by atoms with E-state index < -0.39 is 5.82 Å². The molecule has 2 atom stereocenters. The van der Waals surface area contributed by atoms with Crippen molar-refractivity contribution < 1.29 is 18.6 Å². The first kappa shape index (κ1) is 28.6. The summed E-state index contributed by atoms with van der Waals surface area (Å²) in [5.41, 5.74) is 5.44. The Morgan fingerprint density at radius 1 is 1.16 bits per heavy atom. The lowest BCUT2D eigenvalue weighted by atomic mass is 9.79. The minimum absolute atomic E-state index is 0.113. The second-order valence-corrected chi connectivity index (χ2v) is 13.2. The number of benzene rings is 1. The molecule has 3 fully saturated rings. The van der Waals surface area contributed by atoms with Gasteiger partial charge in [-0.2, -0.15) is 15.1 Å². The lowest BCUT2D eigenvalue weighted by molar-refractivity contribution is 0.108. The van der Waals surface area contributed by atoms with Crippen LogP contribution in [0, 0.1) is 5.82 Å². The summed E-state index contributed by atoms with van der Waals surface area (Å²) in [7, 11) is 1.57. The van der Waals surface area contributed by atoms with Gasteiger partial charge in [0.25, 0.3) is 0 Å². The number of halogens is 1. The normalized spacial score (nSPS) is 23.8. The van der Waals surface area contributed by atoms with Crippen molar-refractivity contribution in [3.05, 3.63) is 41.4 Å². The number of aryl methyl sites for hydroxylation is 1. The minimum atomic E-state index is -0.506. The minimum Gasteiger partial charge on any atom is -0.480 e. The zero-order valence-electron chi connectivity index (χ0n) is 26.1. The molecule has 0 bridgehead atoms. The molecule has 10 nitrogen and oxygen atoms in total. The highest BCUT2D eigenvalue weighted by molar-refractivity contribution is 6.01. The Morgan fingerprint density at radius 3 is 2.96 bits per heavy atom. The van der Waals surface area contributed by atoms with Crippen molar-refractivity contribution in [2.75, 3.05) is 58.0 Å². The van der Waals surface area contributed by atoms with Crippen LogP contribution in [-0.2, 0) is 11.2 Å². The number of aromatic nitrogens is 5. The summed E-state index contributed by atoms with van der Waals surface area (Å²) < 4.78 is 35.4. The molecule has 0 spiro atoms. The third kappa shape index (κ3) is 4.74. The second-order valence-electron chi connectivity index (χ2n) is 13.2. The predicted octanol–water partition coefficient (Wildman–Crippen LogP) is 5.56. The molecule has 3 saturated heterocycles. The third-order valence-corrected chi connectivity index (χ3v) is 10.3. The Balaban J connectivity index is 1.32. The molecule has 1 aromatic carbocycles. The van der Waals surface area contributed by atoms with Gasteiger partial charge >= 0.3 is 6.01 Å². The van der Waals surface area contributed by atoms with E-state index >= 15 is 4.39 Å². The van der Waals surface area contributed by atoms with Gasteiger partial charge in [0, 0.05) is 37.2 Å². The lowest BCUT2D eigenvalue weighted by Crippen LogP contribution is -2.43. The van der Waals surface area contributed by atoms with Crippen molar-refractivity contribution in [3.63, 3.8) is 0 Å². The highest BCUT2D eigenvalue weighted by Crippen LogP contribution is 2.46. The number of H-pyrrole nitrogens is 1. The topological polar surface area (TPSA) is 102 Å². The number of nitrogens with one attached hydrogen (secondary N) is 1. The van der Waals surface area contributed by atoms with Gasteiger partial charge in [0.1, 0.15) is 29.0 Å². The summed E-state index contributed by atoms with van der Waals surface area (Å²) in [6.45, 7) is 11.3. The van der Waals surface area contributed by atoms with Crippen molar-refractivity contribution in [1.29, 1.82) is 0 Å². The van der Waals surface area contributed by atoms with Crippen LogP contribution < -0.4 is 14.4 Å². The van der Waals surface area contributed by atoms with E-state index in [-0.39, 0.29) is 28.7 Å². The maximum Gasteiger partial charge on any atom is 0.319 e. The Morgan fingerprint density at radius 2 is 2.07 bits per heavy atom. The summed E-state index contributed by atoms with van der Waals surface area (Å²) in [4.78, 5) is 19.2. The second kappa shape index (κ2) is 11.2. The molecule has 4 aliphatic rings. The molecule has 1 aliphatic carbocycles. The fourth-order valence-corrected chi connectivity index (χ4v) is 8.24. The van der Waals surface area contributed by atoms with Crippen LogP contribution >= 0.6 is 0 Å². The molecule has 0 saturated carbocycles.